The molecule has 29 heavy (non-hydrogen) atoms. The number of benzene rings is 2. The summed E-state index contributed by atoms with van der Waals surface area (Å²) in [7, 11) is 0. The molecule has 6 heteroatoms. The van der Waals surface area contributed by atoms with E-state index in [2.05, 4.69) is 16.7 Å². The number of fused-ring (bicyclic) bond motifs is 1. The van der Waals surface area contributed by atoms with Crippen molar-refractivity contribution in [3.63, 3.8) is 0 Å². The van der Waals surface area contributed by atoms with Gasteiger partial charge in [0.15, 0.2) is 0 Å². The standard InChI is InChI=1S/C23H27ClN2O2.ClH/c1-16-13-18(24)11-12-22(16)28-15-19(27)14-26-21-10-6-5-9-20(21)25-23(26)17-7-3-2-4-8-17;/h5-6,9-13,17,19,27H,2-4,7-8,14-15H2,1H3;1H. The van der Waals surface area contributed by atoms with Gasteiger partial charge in [-0.3, -0.25) is 0 Å². The Bertz CT molecular complexity index is 951. The molecule has 1 aliphatic rings. The second-order valence-electron chi connectivity index (χ2n) is 7.78. The predicted octanol–water partition coefficient (Wildman–Crippen LogP) is 5.91. The van der Waals surface area contributed by atoms with Gasteiger partial charge in [-0.05, 0) is 55.7 Å². The molecule has 0 amide bonds. The number of rotatable bonds is 6. The van der Waals surface area contributed by atoms with Crippen molar-refractivity contribution in [2.45, 2.75) is 57.6 Å². The summed E-state index contributed by atoms with van der Waals surface area (Å²) in [6.07, 6.45) is 5.58. The van der Waals surface area contributed by atoms with E-state index in [9.17, 15) is 5.11 Å². The molecule has 1 atom stereocenters. The first-order valence-corrected chi connectivity index (χ1v) is 10.5. The highest BCUT2D eigenvalue weighted by atomic mass is 35.5. The maximum atomic E-state index is 10.7. The van der Waals surface area contributed by atoms with Gasteiger partial charge in [-0.2, -0.15) is 0 Å². The zero-order chi connectivity index (χ0) is 19.5. The van der Waals surface area contributed by atoms with Gasteiger partial charge in [0.25, 0.3) is 0 Å². The predicted molar refractivity (Wildman–Crippen MR) is 120 cm³/mol. The van der Waals surface area contributed by atoms with Crippen LogP contribution in [0.5, 0.6) is 5.75 Å². The highest BCUT2D eigenvalue weighted by Crippen LogP contribution is 2.34. The highest BCUT2D eigenvalue weighted by molar-refractivity contribution is 6.30. The van der Waals surface area contributed by atoms with Crippen LogP contribution in [0.1, 0.15) is 49.4 Å². The van der Waals surface area contributed by atoms with E-state index in [1.807, 2.05) is 31.2 Å². The van der Waals surface area contributed by atoms with Crippen LogP contribution in [0.25, 0.3) is 11.0 Å². The molecule has 0 spiro atoms. The van der Waals surface area contributed by atoms with Crippen LogP contribution in [0, 0.1) is 6.92 Å². The number of para-hydroxylation sites is 2. The molecule has 156 valence electrons. The average molecular weight is 435 g/mol. The number of aryl methyl sites for hydroxylation is 1. The van der Waals surface area contributed by atoms with Gasteiger partial charge in [0.1, 0.15) is 24.3 Å². The van der Waals surface area contributed by atoms with Crippen molar-refractivity contribution < 1.29 is 9.84 Å². The van der Waals surface area contributed by atoms with Crippen LogP contribution in [0.4, 0.5) is 0 Å². The third kappa shape index (κ3) is 5.06. The molecule has 1 fully saturated rings. The van der Waals surface area contributed by atoms with Gasteiger partial charge in [-0.1, -0.05) is 43.0 Å². The van der Waals surface area contributed by atoms with Crippen LogP contribution < -0.4 is 4.74 Å². The van der Waals surface area contributed by atoms with E-state index in [4.69, 9.17) is 21.3 Å². The Kier molecular flexibility index (Phi) is 7.44. The van der Waals surface area contributed by atoms with Crippen molar-refractivity contribution in [1.82, 2.24) is 9.55 Å². The molecule has 0 bridgehead atoms. The zero-order valence-corrected chi connectivity index (χ0v) is 18.3. The summed E-state index contributed by atoms with van der Waals surface area (Å²) in [5, 5.41) is 11.4. The van der Waals surface area contributed by atoms with Crippen molar-refractivity contribution in [2.24, 2.45) is 0 Å². The Labute approximate surface area is 183 Å². The molecule has 3 aromatic rings. The van der Waals surface area contributed by atoms with Crippen LogP contribution in [0.15, 0.2) is 42.5 Å². The molecular weight excluding hydrogens is 407 g/mol. The number of aliphatic hydroxyl groups excluding tert-OH is 1. The van der Waals surface area contributed by atoms with Gasteiger partial charge < -0.3 is 14.4 Å². The molecule has 4 rings (SSSR count). The van der Waals surface area contributed by atoms with E-state index in [-0.39, 0.29) is 19.0 Å². The second kappa shape index (κ2) is 9.84. The normalized spacial score (nSPS) is 15.8. The molecule has 1 aromatic heterocycles. The molecule has 1 aliphatic carbocycles. The summed E-state index contributed by atoms with van der Waals surface area (Å²) in [6, 6.07) is 13.7. The molecule has 1 N–H and O–H groups in total. The average Bonchev–Trinajstić information content (AvgIpc) is 3.06. The van der Waals surface area contributed by atoms with Crippen LogP contribution in [0.3, 0.4) is 0 Å². The first-order chi connectivity index (χ1) is 13.6. The molecule has 1 heterocycles. The number of aliphatic hydroxyl groups is 1. The van der Waals surface area contributed by atoms with Crippen LogP contribution >= 0.6 is 24.0 Å². The van der Waals surface area contributed by atoms with Crippen LogP contribution in [-0.2, 0) is 6.54 Å². The molecule has 0 aliphatic heterocycles. The lowest BCUT2D eigenvalue weighted by atomic mass is 9.88. The molecule has 0 saturated heterocycles. The van der Waals surface area contributed by atoms with Crippen LogP contribution in [0.2, 0.25) is 5.02 Å². The summed E-state index contributed by atoms with van der Waals surface area (Å²) in [5.74, 6) is 2.35. The Morgan fingerprint density at radius 3 is 2.69 bits per heavy atom. The minimum absolute atomic E-state index is 0. The first-order valence-electron chi connectivity index (χ1n) is 10.1. The maximum absolute atomic E-state index is 10.7. The summed E-state index contributed by atoms with van der Waals surface area (Å²) in [6.45, 7) is 2.68. The Balaban J connectivity index is 0.00000240. The molecule has 2 aromatic carbocycles. The minimum Gasteiger partial charge on any atom is -0.491 e. The highest BCUT2D eigenvalue weighted by Gasteiger charge is 2.23. The van der Waals surface area contributed by atoms with Crippen molar-refractivity contribution >= 4 is 35.0 Å². The quantitative estimate of drug-likeness (QED) is 0.524. The van der Waals surface area contributed by atoms with Crippen molar-refractivity contribution in [1.29, 1.82) is 0 Å². The summed E-state index contributed by atoms with van der Waals surface area (Å²) in [4.78, 5) is 4.93. The maximum Gasteiger partial charge on any atom is 0.122 e. The van der Waals surface area contributed by atoms with Crippen molar-refractivity contribution in [3.05, 3.63) is 58.9 Å². The van der Waals surface area contributed by atoms with Gasteiger partial charge in [-0.25, -0.2) is 4.98 Å². The lowest BCUT2D eigenvalue weighted by Crippen LogP contribution is -2.25. The van der Waals surface area contributed by atoms with Gasteiger partial charge in [0.05, 0.1) is 17.6 Å². The fourth-order valence-electron chi connectivity index (χ4n) is 4.18. The van der Waals surface area contributed by atoms with E-state index in [1.54, 1.807) is 6.07 Å². The van der Waals surface area contributed by atoms with Gasteiger partial charge in [-0.15, -0.1) is 12.4 Å². The second-order valence-corrected chi connectivity index (χ2v) is 8.22. The molecular formula is C23H28Cl2N2O2. The van der Waals surface area contributed by atoms with Crippen molar-refractivity contribution in [3.8, 4) is 5.75 Å². The van der Waals surface area contributed by atoms with E-state index in [0.717, 1.165) is 28.2 Å². The number of nitrogens with zero attached hydrogens (tertiary/aromatic N) is 2. The topological polar surface area (TPSA) is 47.3 Å². The van der Waals surface area contributed by atoms with Gasteiger partial charge >= 0.3 is 0 Å². The number of halogens is 2. The Morgan fingerprint density at radius 2 is 1.93 bits per heavy atom. The smallest absolute Gasteiger partial charge is 0.122 e. The molecule has 4 nitrogen and oxygen atoms in total. The lowest BCUT2D eigenvalue weighted by Gasteiger charge is -2.23. The Hall–Kier alpha value is -1.75. The third-order valence-corrected chi connectivity index (χ3v) is 5.85. The van der Waals surface area contributed by atoms with E-state index < -0.39 is 6.10 Å². The molecule has 1 saturated carbocycles. The van der Waals surface area contributed by atoms with Crippen LogP contribution in [-0.4, -0.2) is 27.4 Å². The Morgan fingerprint density at radius 1 is 1.17 bits per heavy atom. The monoisotopic (exact) mass is 434 g/mol. The third-order valence-electron chi connectivity index (χ3n) is 5.62. The van der Waals surface area contributed by atoms with E-state index in [0.29, 0.717) is 17.5 Å². The largest absolute Gasteiger partial charge is 0.491 e. The van der Waals surface area contributed by atoms with Gasteiger partial charge in [0.2, 0.25) is 0 Å². The zero-order valence-electron chi connectivity index (χ0n) is 16.7. The van der Waals surface area contributed by atoms with Crippen molar-refractivity contribution in [2.75, 3.05) is 6.61 Å². The number of ether oxygens (including phenoxy) is 1. The van der Waals surface area contributed by atoms with E-state index >= 15 is 0 Å². The SMILES string of the molecule is Cc1cc(Cl)ccc1OCC(O)Cn1c(C2CCCCC2)nc2ccccc21.Cl. The molecule has 0 radical (unpaired) electrons. The summed E-state index contributed by atoms with van der Waals surface area (Å²) in [5.41, 5.74) is 3.06. The fourth-order valence-corrected chi connectivity index (χ4v) is 4.41. The minimum atomic E-state index is -0.616. The fraction of sp³-hybridized carbons (Fsp3) is 0.435. The van der Waals surface area contributed by atoms with E-state index in [1.165, 1.54) is 32.1 Å². The number of imidazole rings is 1. The number of hydrogen-bond acceptors (Lipinski definition) is 3. The first kappa shape index (κ1) is 21.9. The lowest BCUT2D eigenvalue weighted by molar-refractivity contribution is 0.0919. The van der Waals surface area contributed by atoms with Gasteiger partial charge in [0, 0.05) is 10.9 Å². The summed E-state index contributed by atoms with van der Waals surface area (Å²) < 4.78 is 8.06. The molecule has 1 unspecified atom stereocenters. The number of aromatic nitrogens is 2. The number of hydrogen-bond donors (Lipinski definition) is 1. The summed E-state index contributed by atoms with van der Waals surface area (Å²) >= 11 is 6.01.